The second-order valence-electron chi connectivity index (χ2n) is 3.62. The molecule has 0 aliphatic carbocycles. The molecule has 0 radical (unpaired) electrons. The first kappa shape index (κ1) is 12.7. The quantitative estimate of drug-likeness (QED) is 0.718. The van der Waals surface area contributed by atoms with E-state index in [2.05, 4.69) is 0 Å². The van der Waals surface area contributed by atoms with E-state index in [4.69, 9.17) is 16.3 Å². The molecule has 0 aliphatic rings. The molecule has 1 aromatic carbocycles. The Morgan fingerprint density at radius 3 is 2.81 bits per heavy atom. The van der Waals surface area contributed by atoms with E-state index in [0.717, 1.165) is 6.29 Å². The molecule has 0 heterocycles. The average Bonchev–Trinajstić information content (AvgIpc) is 2.27. The highest BCUT2D eigenvalue weighted by Crippen LogP contribution is 2.21. The van der Waals surface area contributed by atoms with Crippen LogP contribution in [0.5, 0.6) is 5.75 Å². The lowest BCUT2D eigenvalue weighted by atomic mass is 10.1. The smallest absolute Gasteiger partial charge is 0.153 e. The lowest BCUT2D eigenvalue weighted by Crippen LogP contribution is -2.09. The van der Waals surface area contributed by atoms with Gasteiger partial charge in [-0.05, 0) is 24.1 Å². The molecular formula is C12H13ClO3. The van der Waals surface area contributed by atoms with Gasteiger partial charge in [0.15, 0.2) is 6.29 Å². The first-order valence-electron chi connectivity index (χ1n) is 4.98. The van der Waals surface area contributed by atoms with Crippen LogP contribution in [-0.4, -0.2) is 19.2 Å². The standard InChI is InChI=1S/C12H13ClO3/c1-9(4-5-14)8-16-12-3-2-11(13)6-10(12)7-15/h2-3,5-7,9H,4,8H2,1H3. The number of ether oxygens (including phenoxy) is 1. The Kier molecular flexibility index (Phi) is 4.99. The Morgan fingerprint density at radius 1 is 1.44 bits per heavy atom. The molecule has 0 spiro atoms. The Hall–Kier alpha value is -1.35. The Balaban J connectivity index is 2.66. The number of hydrogen-bond donors (Lipinski definition) is 0. The van der Waals surface area contributed by atoms with Crippen LogP contribution >= 0.6 is 11.6 Å². The first-order valence-corrected chi connectivity index (χ1v) is 5.36. The molecular weight excluding hydrogens is 228 g/mol. The summed E-state index contributed by atoms with van der Waals surface area (Å²) in [5, 5.41) is 0.496. The lowest BCUT2D eigenvalue weighted by Gasteiger charge is -2.12. The molecule has 1 atom stereocenters. The van der Waals surface area contributed by atoms with Gasteiger partial charge in [0, 0.05) is 11.4 Å². The number of carbonyl (C=O) groups is 2. The third-order valence-electron chi connectivity index (χ3n) is 2.12. The third kappa shape index (κ3) is 3.66. The maximum absolute atomic E-state index is 10.8. The summed E-state index contributed by atoms with van der Waals surface area (Å²) in [7, 11) is 0. The van der Waals surface area contributed by atoms with E-state index in [1.807, 2.05) is 6.92 Å². The van der Waals surface area contributed by atoms with Crippen LogP contribution in [0.15, 0.2) is 18.2 Å². The topological polar surface area (TPSA) is 43.4 Å². The average molecular weight is 241 g/mol. The summed E-state index contributed by atoms with van der Waals surface area (Å²) in [6.45, 7) is 2.31. The van der Waals surface area contributed by atoms with Gasteiger partial charge in [-0.25, -0.2) is 0 Å². The molecule has 0 fully saturated rings. The van der Waals surface area contributed by atoms with Crippen molar-refractivity contribution in [2.45, 2.75) is 13.3 Å². The van der Waals surface area contributed by atoms with Crippen molar-refractivity contribution in [1.29, 1.82) is 0 Å². The van der Waals surface area contributed by atoms with Crippen LogP contribution in [0.1, 0.15) is 23.7 Å². The number of aldehydes is 2. The van der Waals surface area contributed by atoms with Crippen molar-refractivity contribution in [2.75, 3.05) is 6.61 Å². The van der Waals surface area contributed by atoms with Crippen molar-refractivity contribution in [3.63, 3.8) is 0 Å². The zero-order valence-corrected chi connectivity index (χ0v) is 9.74. The van der Waals surface area contributed by atoms with Crippen LogP contribution in [-0.2, 0) is 4.79 Å². The monoisotopic (exact) mass is 240 g/mol. The van der Waals surface area contributed by atoms with Gasteiger partial charge < -0.3 is 9.53 Å². The Morgan fingerprint density at radius 2 is 2.19 bits per heavy atom. The minimum atomic E-state index is 0.132. The number of hydrogen-bond acceptors (Lipinski definition) is 3. The molecule has 0 saturated carbocycles. The zero-order valence-electron chi connectivity index (χ0n) is 8.98. The van der Waals surface area contributed by atoms with Crippen molar-refractivity contribution in [2.24, 2.45) is 5.92 Å². The Bertz CT molecular complexity index is 377. The maximum atomic E-state index is 10.8. The van der Waals surface area contributed by atoms with Gasteiger partial charge in [0.1, 0.15) is 12.0 Å². The SMILES string of the molecule is CC(CC=O)COc1ccc(Cl)cc1C=O. The van der Waals surface area contributed by atoms with E-state index in [-0.39, 0.29) is 5.92 Å². The van der Waals surface area contributed by atoms with Crippen LogP contribution in [0, 0.1) is 5.92 Å². The van der Waals surface area contributed by atoms with Crippen molar-refractivity contribution in [3.05, 3.63) is 28.8 Å². The predicted molar refractivity (Wildman–Crippen MR) is 62.2 cm³/mol. The Labute approximate surface area is 99.4 Å². The first-order chi connectivity index (χ1) is 7.67. The van der Waals surface area contributed by atoms with Crippen LogP contribution < -0.4 is 4.74 Å². The molecule has 16 heavy (non-hydrogen) atoms. The number of carbonyl (C=O) groups excluding carboxylic acids is 2. The third-order valence-corrected chi connectivity index (χ3v) is 2.36. The highest BCUT2D eigenvalue weighted by molar-refractivity contribution is 6.30. The van der Waals surface area contributed by atoms with Gasteiger partial charge in [0.05, 0.1) is 12.2 Å². The molecule has 0 aromatic heterocycles. The van der Waals surface area contributed by atoms with Gasteiger partial charge in [-0.3, -0.25) is 4.79 Å². The van der Waals surface area contributed by atoms with Crippen molar-refractivity contribution in [1.82, 2.24) is 0 Å². The molecule has 0 aliphatic heterocycles. The summed E-state index contributed by atoms with van der Waals surface area (Å²) in [5.74, 6) is 0.629. The fraction of sp³-hybridized carbons (Fsp3) is 0.333. The van der Waals surface area contributed by atoms with Gasteiger partial charge in [-0.2, -0.15) is 0 Å². The summed E-state index contributed by atoms with van der Waals surface area (Å²) in [6, 6.07) is 4.86. The number of halogens is 1. The predicted octanol–water partition coefficient (Wildman–Crippen LogP) is 2.76. The van der Waals surface area contributed by atoms with E-state index in [9.17, 15) is 9.59 Å². The molecule has 0 saturated heterocycles. The van der Waals surface area contributed by atoms with Gasteiger partial charge in [-0.15, -0.1) is 0 Å². The van der Waals surface area contributed by atoms with Crippen molar-refractivity contribution in [3.8, 4) is 5.75 Å². The van der Waals surface area contributed by atoms with Crippen molar-refractivity contribution < 1.29 is 14.3 Å². The lowest BCUT2D eigenvalue weighted by molar-refractivity contribution is -0.108. The fourth-order valence-corrected chi connectivity index (χ4v) is 1.39. The van der Waals surface area contributed by atoms with Gasteiger partial charge in [0.25, 0.3) is 0 Å². The second-order valence-corrected chi connectivity index (χ2v) is 4.05. The molecule has 1 rings (SSSR count). The van der Waals surface area contributed by atoms with Crippen molar-refractivity contribution >= 4 is 24.2 Å². The summed E-state index contributed by atoms with van der Waals surface area (Å²) < 4.78 is 5.45. The summed E-state index contributed by atoms with van der Waals surface area (Å²) >= 11 is 5.75. The van der Waals surface area contributed by atoms with E-state index in [1.165, 1.54) is 0 Å². The summed E-state index contributed by atoms with van der Waals surface area (Å²) in [6.07, 6.45) is 2.01. The second kappa shape index (κ2) is 6.28. The van der Waals surface area contributed by atoms with E-state index < -0.39 is 0 Å². The maximum Gasteiger partial charge on any atom is 0.153 e. The summed E-state index contributed by atoms with van der Waals surface area (Å²) in [5.41, 5.74) is 0.422. The van der Waals surface area contributed by atoms with Crippen LogP contribution in [0.2, 0.25) is 5.02 Å². The van der Waals surface area contributed by atoms with E-state index >= 15 is 0 Å². The highest BCUT2D eigenvalue weighted by atomic mass is 35.5. The van der Waals surface area contributed by atoms with E-state index in [1.54, 1.807) is 18.2 Å². The number of rotatable bonds is 6. The molecule has 0 amide bonds. The molecule has 0 N–H and O–H groups in total. The molecule has 3 nitrogen and oxygen atoms in total. The zero-order chi connectivity index (χ0) is 12.0. The molecule has 1 unspecified atom stereocenters. The normalized spacial score (nSPS) is 11.9. The van der Waals surface area contributed by atoms with Gasteiger partial charge >= 0.3 is 0 Å². The van der Waals surface area contributed by atoms with Crippen LogP contribution in [0.25, 0.3) is 0 Å². The molecule has 4 heteroatoms. The number of benzene rings is 1. The molecule has 86 valence electrons. The fourth-order valence-electron chi connectivity index (χ4n) is 1.21. The minimum Gasteiger partial charge on any atom is -0.493 e. The molecule has 0 bridgehead atoms. The minimum absolute atomic E-state index is 0.132. The highest BCUT2D eigenvalue weighted by Gasteiger charge is 2.06. The largest absolute Gasteiger partial charge is 0.493 e. The van der Waals surface area contributed by atoms with E-state index in [0.29, 0.717) is 35.6 Å². The van der Waals surface area contributed by atoms with Gasteiger partial charge in [0.2, 0.25) is 0 Å². The van der Waals surface area contributed by atoms with Crippen LogP contribution in [0.4, 0.5) is 0 Å². The van der Waals surface area contributed by atoms with Gasteiger partial charge in [-0.1, -0.05) is 18.5 Å². The van der Waals surface area contributed by atoms with Crippen LogP contribution in [0.3, 0.4) is 0 Å². The molecule has 1 aromatic rings. The summed E-state index contributed by atoms with van der Waals surface area (Å²) in [4.78, 5) is 21.0.